The molecule has 0 bridgehead atoms. The van der Waals surface area contributed by atoms with E-state index in [1.807, 2.05) is 32.0 Å². The van der Waals surface area contributed by atoms with Crippen molar-refractivity contribution in [1.29, 1.82) is 0 Å². The summed E-state index contributed by atoms with van der Waals surface area (Å²) in [6, 6.07) is 18.4. The molecule has 1 N–H and O–H groups in total. The van der Waals surface area contributed by atoms with E-state index < -0.39 is 17.7 Å². The third-order valence-electron chi connectivity index (χ3n) is 6.14. The van der Waals surface area contributed by atoms with E-state index in [2.05, 4.69) is 4.98 Å². The summed E-state index contributed by atoms with van der Waals surface area (Å²) in [6.07, 6.45) is 0. The Balaban J connectivity index is 1.69. The molecule has 0 spiro atoms. The van der Waals surface area contributed by atoms with Gasteiger partial charge in [0.05, 0.1) is 42.2 Å². The van der Waals surface area contributed by atoms with Gasteiger partial charge in [-0.3, -0.25) is 14.5 Å². The van der Waals surface area contributed by atoms with Crippen LogP contribution in [-0.2, 0) is 9.59 Å². The van der Waals surface area contributed by atoms with E-state index in [-0.39, 0.29) is 11.3 Å². The topological polar surface area (TPSA) is 98.2 Å². The van der Waals surface area contributed by atoms with Gasteiger partial charge in [-0.2, -0.15) is 0 Å². The van der Waals surface area contributed by atoms with Crippen LogP contribution in [0.15, 0.2) is 72.3 Å². The summed E-state index contributed by atoms with van der Waals surface area (Å²) >= 11 is 1.27. The number of aliphatic hydroxyl groups excluding tert-OH is 1. The summed E-state index contributed by atoms with van der Waals surface area (Å²) in [6.45, 7) is 4.73. The van der Waals surface area contributed by atoms with Crippen molar-refractivity contribution in [3.8, 4) is 17.2 Å². The molecule has 1 fully saturated rings. The zero-order valence-corrected chi connectivity index (χ0v) is 22.0. The number of carbonyl (C=O) groups excluding carboxylic acids is 2. The summed E-state index contributed by atoms with van der Waals surface area (Å²) in [7, 11) is 1.54. The largest absolute Gasteiger partial charge is 0.507 e. The SMILES string of the molecule is CCOc1cccc(C(O)=C2C(=O)C(=O)N(c3nc4ccc(OCC)cc4s3)C2c2cccc(OC)c2)c1. The molecular weight excluding hydrogens is 504 g/mol. The highest BCUT2D eigenvalue weighted by Gasteiger charge is 2.48. The smallest absolute Gasteiger partial charge is 0.301 e. The molecule has 1 amide bonds. The minimum atomic E-state index is -0.923. The van der Waals surface area contributed by atoms with Crippen LogP contribution in [0, 0.1) is 0 Å². The highest BCUT2D eigenvalue weighted by Crippen LogP contribution is 2.45. The molecule has 8 nitrogen and oxygen atoms in total. The lowest BCUT2D eigenvalue weighted by Crippen LogP contribution is -2.29. The quantitative estimate of drug-likeness (QED) is 0.177. The zero-order valence-electron chi connectivity index (χ0n) is 21.1. The molecule has 1 unspecified atom stereocenters. The number of aliphatic hydroxyl groups is 1. The lowest BCUT2D eigenvalue weighted by molar-refractivity contribution is -0.132. The first-order valence-electron chi connectivity index (χ1n) is 12.2. The monoisotopic (exact) mass is 530 g/mol. The van der Waals surface area contributed by atoms with Crippen molar-refractivity contribution < 1.29 is 28.9 Å². The van der Waals surface area contributed by atoms with Crippen LogP contribution in [-0.4, -0.2) is 42.1 Å². The van der Waals surface area contributed by atoms with Crippen LogP contribution in [0.25, 0.3) is 16.0 Å². The fourth-order valence-electron chi connectivity index (χ4n) is 4.46. The number of thiazole rings is 1. The number of rotatable bonds is 8. The van der Waals surface area contributed by atoms with E-state index in [9.17, 15) is 14.7 Å². The van der Waals surface area contributed by atoms with Gasteiger partial charge in [0.1, 0.15) is 23.0 Å². The Labute approximate surface area is 223 Å². The van der Waals surface area contributed by atoms with Crippen LogP contribution in [0.1, 0.15) is 31.0 Å². The van der Waals surface area contributed by atoms with Crippen molar-refractivity contribution in [3.05, 3.63) is 83.4 Å². The normalized spacial score (nSPS) is 16.7. The van der Waals surface area contributed by atoms with Gasteiger partial charge in [0.2, 0.25) is 0 Å². The number of aromatic nitrogens is 1. The number of hydrogen-bond donors (Lipinski definition) is 1. The lowest BCUT2D eigenvalue weighted by Gasteiger charge is -2.23. The van der Waals surface area contributed by atoms with Crippen molar-refractivity contribution in [2.45, 2.75) is 19.9 Å². The standard InChI is InChI=1S/C29H26N2O6S/c1-4-36-20-11-7-9-18(15-20)26(32)24-25(17-8-6-10-19(14-17)35-3)31(28(34)27(24)33)29-30-22-13-12-21(37-5-2)16-23(22)38-29/h6-16,25,32H,4-5H2,1-3H3. The summed E-state index contributed by atoms with van der Waals surface area (Å²) in [5, 5.41) is 11.8. The zero-order chi connectivity index (χ0) is 26.8. The Kier molecular flexibility index (Phi) is 7.02. The third-order valence-corrected chi connectivity index (χ3v) is 7.16. The molecule has 2 heterocycles. The van der Waals surface area contributed by atoms with Crippen molar-refractivity contribution >= 4 is 44.1 Å². The second-order valence-electron chi connectivity index (χ2n) is 8.47. The van der Waals surface area contributed by atoms with E-state index in [1.54, 1.807) is 55.6 Å². The second kappa shape index (κ2) is 10.5. The van der Waals surface area contributed by atoms with Crippen molar-refractivity contribution in [2.75, 3.05) is 25.2 Å². The summed E-state index contributed by atoms with van der Waals surface area (Å²) < 4.78 is 17.4. The Bertz CT molecular complexity index is 1560. The van der Waals surface area contributed by atoms with Crippen LogP contribution >= 0.6 is 11.3 Å². The average molecular weight is 531 g/mol. The molecule has 9 heteroatoms. The van der Waals surface area contributed by atoms with Crippen LogP contribution in [0.3, 0.4) is 0 Å². The fourth-order valence-corrected chi connectivity index (χ4v) is 5.49. The van der Waals surface area contributed by atoms with E-state index in [1.165, 1.54) is 16.2 Å². The summed E-state index contributed by atoms with van der Waals surface area (Å²) in [5.41, 5.74) is 1.60. The number of anilines is 1. The molecule has 5 rings (SSSR count). The predicted molar refractivity (Wildman–Crippen MR) is 146 cm³/mol. The number of fused-ring (bicyclic) bond motifs is 1. The van der Waals surface area contributed by atoms with Gasteiger partial charge in [-0.25, -0.2) is 4.98 Å². The van der Waals surface area contributed by atoms with Crippen LogP contribution in [0.5, 0.6) is 17.2 Å². The molecule has 1 aliphatic heterocycles. The van der Waals surface area contributed by atoms with Crippen LogP contribution in [0.4, 0.5) is 5.13 Å². The molecule has 1 aliphatic rings. The van der Waals surface area contributed by atoms with Gasteiger partial charge in [0, 0.05) is 5.56 Å². The number of ketones is 1. The first-order valence-corrected chi connectivity index (χ1v) is 13.0. The van der Waals surface area contributed by atoms with Gasteiger partial charge in [-0.05, 0) is 61.9 Å². The molecule has 194 valence electrons. The molecule has 4 aromatic rings. The molecule has 0 radical (unpaired) electrons. The third kappa shape index (κ3) is 4.56. The number of hydrogen-bond acceptors (Lipinski definition) is 8. The molecule has 0 aliphatic carbocycles. The molecule has 1 atom stereocenters. The van der Waals surface area contributed by atoms with Crippen LogP contribution < -0.4 is 19.1 Å². The minimum Gasteiger partial charge on any atom is -0.507 e. The molecular formula is C29H26N2O6S. The molecule has 1 aromatic heterocycles. The maximum Gasteiger partial charge on any atom is 0.301 e. The molecule has 1 saturated heterocycles. The molecule has 0 saturated carbocycles. The Hall–Kier alpha value is -4.37. The number of carbonyl (C=O) groups is 2. The van der Waals surface area contributed by atoms with Crippen LogP contribution in [0.2, 0.25) is 0 Å². The van der Waals surface area contributed by atoms with E-state index in [0.29, 0.717) is 52.2 Å². The van der Waals surface area contributed by atoms with E-state index in [0.717, 1.165) is 4.70 Å². The number of nitrogens with zero attached hydrogens (tertiary/aromatic N) is 2. The summed E-state index contributed by atoms with van der Waals surface area (Å²) in [4.78, 5) is 33.0. The number of amides is 1. The minimum absolute atomic E-state index is 0.0360. The highest BCUT2D eigenvalue weighted by atomic mass is 32.1. The van der Waals surface area contributed by atoms with Gasteiger partial charge in [-0.1, -0.05) is 35.6 Å². The number of methoxy groups -OCH3 is 1. The van der Waals surface area contributed by atoms with Crippen molar-refractivity contribution in [2.24, 2.45) is 0 Å². The Morgan fingerprint density at radius 3 is 2.39 bits per heavy atom. The van der Waals surface area contributed by atoms with Crippen molar-refractivity contribution in [3.63, 3.8) is 0 Å². The summed E-state index contributed by atoms with van der Waals surface area (Å²) in [5.74, 6) is -0.0800. The number of Topliss-reactive ketones (excluding diaryl/α,β-unsaturated/α-hetero) is 1. The average Bonchev–Trinajstić information content (AvgIpc) is 3.46. The van der Waals surface area contributed by atoms with Gasteiger partial charge in [-0.15, -0.1) is 0 Å². The number of benzene rings is 3. The van der Waals surface area contributed by atoms with E-state index in [4.69, 9.17) is 14.2 Å². The maximum absolute atomic E-state index is 13.5. The van der Waals surface area contributed by atoms with Gasteiger partial charge < -0.3 is 19.3 Å². The Morgan fingerprint density at radius 2 is 1.66 bits per heavy atom. The molecule has 38 heavy (non-hydrogen) atoms. The van der Waals surface area contributed by atoms with Gasteiger partial charge in [0.25, 0.3) is 5.78 Å². The first-order chi connectivity index (χ1) is 18.4. The van der Waals surface area contributed by atoms with Crippen molar-refractivity contribution in [1.82, 2.24) is 4.98 Å². The first kappa shape index (κ1) is 25.3. The Morgan fingerprint density at radius 1 is 0.947 bits per heavy atom. The lowest BCUT2D eigenvalue weighted by atomic mass is 9.95. The van der Waals surface area contributed by atoms with Gasteiger partial charge >= 0.3 is 5.91 Å². The number of ether oxygens (including phenoxy) is 3. The highest BCUT2D eigenvalue weighted by molar-refractivity contribution is 7.22. The van der Waals surface area contributed by atoms with Gasteiger partial charge in [0.15, 0.2) is 5.13 Å². The van der Waals surface area contributed by atoms with E-state index >= 15 is 0 Å². The predicted octanol–water partition coefficient (Wildman–Crippen LogP) is 5.73. The fraction of sp³-hybridized carbons (Fsp3) is 0.207. The maximum atomic E-state index is 13.5. The second-order valence-corrected chi connectivity index (χ2v) is 9.47. The molecule has 3 aromatic carbocycles.